The highest BCUT2D eigenvalue weighted by Crippen LogP contribution is 2.33. The summed E-state index contributed by atoms with van der Waals surface area (Å²) in [5.74, 6) is -1.14. The molecular formula is C14H27F3N2. The number of halogens is 3. The normalized spacial score (nSPS) is 25.3. The van der Waals surface area contributed by atoms with E-state index in [-0.39, 0.29) is 19.0 Å². The van der Waals surface area contributed by atoms with Gasteiger partial charge in [-0.15, -0.1) is 0 Å². The van der Waals surface area contributed by atoms with Gasteiger partial charge < -0.3 is 5.32 Å². The van der Waals surface area contributed by atoms with E-state index in [1.807, 2.05) is 11.8 Å². The first-order chi connectivity index (χ1) is 8.84. The van der Waals surface area contributed by atoms with Gasteiger partial charge in [0.25, 0.3) is 0 Å². The Labute approximate surface area is 114 Å². The number of hydrogen-bond donors (Lipinski definition) is 1. The van der Waals surface area contributed by atoms with Crippen molar-refractivity contribution in [1.82, 2.24) is 10.2 Å². The van der Waals surface area contributed by atoms with Crippen LogP contribution < -0.4 is 5.32 Å². The van der Waals surface area contributed by atoms with Gasteiger partial charge in [0, 0.05) is 18.6 Å². The Morgan fingerprint density at radius 1 is 1.32 bits per heavy atom. The summed E-state index contributed by atoms with van der Waals surface area (Å²) in [5, 5.41) is 3.39. The second kappa shape index (κ2) is 7.48. The SMILES string of the molecule is CCCNC(C)CC(C)N1CCCC(C(F)(F)F)C1. The van der Waals surface area contributed by atoms with Crippen LogP contribution in [-0.2, 0) is 0 Å². The molecule has 0 aromatic rings. The van der Waals surface area contributed by atoms with Gasteiger partial charge in [-0.3, -0.25) is 4.90 Å². The lowest BCUT2D eigenvalue weighted by Crippen LogP contribution is -2.47. The third kappa shape index (κ3) is 5.69. The van der Waals surface area contributed by atoms with Gasteiger partial charge in [0.15, 0.2) is 0 Å². The second-order valence-electron chi connectivity index (χ2n) is 5.82. The first-order valence-corrected chi connectivity index (χ1v) is 7.38. The Balaban J connectivity index is 2.41. The molecule has 2 nitrogen and oxygen atoms in total. The highest BCUT2D eigenvalue weighted by molar-refractivity contribution is 4.82. The molecule has 1 aliphatic rings. The Hall–Kier alpha value is -0.290. The molecule has 0 radical (unpaired) electrons. The minimum atomic E-state index is -4.04. The number of nitrogens with zero attached hydrogens (tertiary/aromatic N) is 1. The van der Waals surface area contributed by atoms with Crippen molar-refractivity contribution in [2.75, 3.05) is 19.6 Å². The summed E-state index contributed by atoms with van der Waals surface area (Å²) in [4.78, 5) is 2.01. The molecule has 114 valence electrons. The molecule has 3 unspecified atom stereocenters. The summed E-state index contributed by atoms with van der Waals surface area (Å²) in [5.41, 5.74) is 0. The Bertz CT molecular complexity index is 256. The number of hydrogen-bond acceptors (Lipinski definition) is 2. The fourth-order valence-corrected chi connectivity index (χ4v) is 2.81. The van der Waals surface area contributed by atoms with Crippen LogP contribution in [0, 0.1) is 5.92 Å². The van der Waals surface area contributed by atoms with E-state index in [9.17, 15) is 13.2 Å². The predicted molar refractivity (Wildman–Crippen MR) is 72.2 cm³/mol. The van der Waals surface area contributed by atoms with Gasteiger partial charge >= 0.3 is 6.18 Å². The molecule has 3 atom stereocenters. The predicted octanol–water partition coefficient (Wildman–Crippen LogP) is 3.43. The van der Waals surface area contributed by atoms with Crippen molar-refractivity contribution in [3.05, 3.63) is 0 Å². The third-order valence-corrected chi connectivity index (χ3v) is 3.98. The highest BCUT2D eigenvalue weighted by atomic mass is 19.4. The van der Waals surface area contributed by atoms with Crippen LogP contribution in [0.1, 0.15) is 46.5 Å². The van der Waals surface area contributed by atoms with Gasteiger partial charge in [-0.1, -0.05) is 6.92 Å². The van der Waals surface area contributed by atoms with Gasteiger partial charge in [0.2, 0.25) is 0 Å². The van der Waals surface area contributed by atoms with Crippen LogP contribution in [0.25, 0.3) is 0 Å². The molecule has 19 heavy (non-hydrogen) atoms. The zero-order chi connectivity index (χ0) is 14.5. The maximum atomic E-state index is 12.8. The van der Waals surface area contributed by atoms with E-state index < -0.39 is 12.1 Å². The standard InChI is InChI=1S/C14H27F3N2/c1-4-7-18-11(2)9-12(3)19-8-5-6-13(10-19)14(15,16)17/h11-13,18H,4-10H2,1-3H3. The Morgan fingerprint density at radius 3 is 2.58 bits per heavy atom. The lowest BCUT2D eigenvalue weighted by Gasteiger charge is -2.38. The fourth-order valence-electron chi connectivity index (χ4n) is 2.81. The molecule has 0 aliphatic carbocycles. The smallest absolute Gasteiger partial charge is 0.314 e. The topological polar surface area (TPSA) is 15.3 Å². The summed E-state index contributed by atoms with van der Waals surface area (Å²) in [7, 11) is 0. The highest BCUT2D eigenvalue weighted by Gasteiger charge is 2.42. The molecule has 0 bridgehead atoms. The Morgan fingerprint density at radius 2 is 2.00 bits per heavy atom. The molecule has 1 heterocycles. The summed E-state index contributed by atoms with van der Waals surface area (Å²) in [6.07, 6.45) is -1.10. The van der Waals surface area contributed by atoms with Crippen molar-refractivity contribution in [2.24, 2.45) is 5.92 Å². The van der Waals surface area contributed by atoms with Crippen LogP contribution in [0.3, 0.4) is 0 Å². The van der Waals surface area contributed by atoms with Gasteiger partial charge in [-0.2, -0.15) is 13.2 Å². The quantitative estimate of drug-likeness (QED) is 0.802. The molecule has 1 fully saturated rings. The first kappa shape index (κ1) is 16.8. The van der Waals surface area contributed by atoms with E-state index in [2.05, 4.69) is 19.2 Å². The number of nitrogens with one attached hydrogen (secondary N) is 1. The minimum absolute atomic E-state index is 0.172. The lowest BCUT2D eigenvalue weighted by molar-refractivity contribution is -0.188. The van der Waals surface area contributed by atoms with Crippen LogP contribution in [0.5, 0.6) is 0 Å². The maximum Gasteiger partial charge on any atom is 0.393 e. The number of likely N-dealkylation sites (tertiary alicyclic amines) is 1. The zero-order valence-corrected chi connectivity index (χ0v) is 12.3. The van der Waals surface area contributed by atoms with Crippen LogP contribution in [-0.4, -0.2) is 42.8 Å². The monoisotopic (exact) mass is 280 g/mol. The largest absolute Gasteiger partial charge is 0.393 e. The third-order valence-electron chi connectivity index (χ3n) is 3.98. The maximum absolute atomic E-state index is 12.8. The summed E-state index contributed by atoms with van der Waals surface area (Å²) in [6, 6.07) is 0.575. The molecule has 1 rings (SSSR count). The molecule has 0 aromatic heterocycles. The van der Waals surface area contributed by atoms with Gasteiger partial charge in [-0.05, 0) is 52.6 Å². The zero-order valence-electron chi connectivity index (χ0n) is 12.3. The lowest BCUT2D eigenvalue weighted by atomic mass is 9.95. The van der Waals surface area contributed by atoms with Gasteiger partial charge in [0.05, 0.1) is 5.92 Å². The van der Waals surface area contributed by atoms with Crippen LogP contribution >= 0.6 is 0 Å². The van der Waals surface area contributed by atoms with E-state index >= 15 is 0 Å². The summed E-state index contributed by atoms with van der Waals surface area (Å²) < 4.78 is 38.3. The molecule has 1 N–H and O–H groups in total. The molecule has 0 spiro atoms. The van der Waals surface area contributed by atoms with Crippen molar-refractivity contribution in [2.45, 2.75) is 64.7 Å². The van der Waals surface area contributed by atoms with Crippen molar-refractivity contribution in [3.8, 4) is 0 Å². The summed E-state index contributed by atoms with van der Waals surface area (Å²) >= 11 is 0. The molecule has 1 saturated heterocycles. The van der Waals surface area contributed by atoms with E-state index in [4.69, 9.17) is 0 Å². The van der Waals surface area contributed by atoms with Crippen molar-refractivity contribution in [3.63, 3.8) is 0 Å². The van der Waals surface area contributed by atoms with E-state index in [1.165, 1.54) is 0 Å². The average Bonchev–Trinajstić information content (AvgIpc) is 2.35. The minimum Gasteiger partial charge on any atom is -0.314 e. The van der Waals surface area contributed by atoms with E-state index in [0.29, 0.717) is 12.5 Å². The van der Waals surface area contributed by atoms with Crippen LogP contribution in [0.4, 0.5) is 13.2 Å². The van der Waals surface area contributed by atoms with E-state index in [1.54, 1.807) is 0 Å². The van der Waals surface area contributed by atoms with Crippen molar-refractivity contribution in [1.29, 1.82) is 0 Å². The van der Waals surface area contributed by atoms with Crippen LogP contribution in [0.15, 0.2) is 0 Å². The fraction of sp³-hybridized carbons (Fsp3) is 1.00. The van der Waals surface area contributed by atoms with E-state index in [0.717, 1.165) is 25.9 Å². The number of alkyl halides is 3. The molecule has 0 aromatic carbocycles. The average molecular weight is 280 g/mol. The number of rotatable bonds is 6. The van der Waals surface area contributed by atoms with Gasteiger partial charge in [-0.25, -0.2) is 0 Å². The van der Waals surface area contributed by atoms with Crippen LogP contribution in [0.2, 0.25) is 0 Å². The van der Waals surface area contributed by atoms with Gasteiger partial charge in [0.1, 0.15) is 0 Å². The molecular weight excluding hydrogens is 253 g/mol. The second-order valence-corrected chi connectivity index (χ2v) is 5.82. The molecule has 1 aliphatic heterocycles. The van der Waals surface area contributed by atoms with Crippen molar-refractivity contribution >= 4 is 0 Å². The molecule has 0 amide bonds. The first-order valence-electron chi connectivity index (χ1n) is 7.38. The Kier molecular flexibility index (Phi) is 6.60. The molecule has 5 heteroatoms. The van der Waals surface area contributed by atoms with Crippen molar-refractivity contribution < 1.29 is 13.2 Å². The number of piperidine rings is 1. The molecule has 0 saturated carbocycles. The summed E-state index contributed by atoms with van der Waals surface area (Å²) in [6.45, 7) is 8.21.